The smallest absolute Gasteiger partial charge is 0.422 e. The van der Waals surface area contributed by atoms with E-state index >= 15 is 0 Å². The second-order valence-electron chi connectivity index (χ2n) is 2.06. The summed E-state index contributed by atoms with van der Waals surface area (Å²) in [4.78, 5) is 0. The Morgan fingerprint density at radius 2 is 1.92 bits per heavy atom. The number of nitrogens with zero attached hydrogens (tertiary/aromatic N) is 1. The first kappa shape index (κ1) is 9.31. The normalized spacial score (nSPS) is 11.7. The van der Waals surface area contributed by atoms with E-state index in [1.165, 1.54) is 0 Å². The summed E-state index contributed by atoms with van der Waals surface area (Å²) in [5.74, 6) is 0. The maximum Gasteiger partial charge on any atom is 0.422 e. The Kier molecular flexibility index (Phi) is 2.27. The molecule has 0 aromatic carbocycles. The van der Waals surface area contributed by atoms with Crippen molar-refractivity contribution in [1.82, 2.24) is 0 Å². The molecule has 0 saturated heterocycles. The molecule has 1 aromatic rings. The number of halogens is 4. The Balaban J connectivity index is 3.14. The highest BCUT2D eigenvalue weighted by Crippen LogP contribution is 2.28. The topological polar surface area (TPSA) is 26.9 Å². The van der Waals surface area contributed by atoms with Crippen molar-refractivity contribution >= 4 is 15.9 Å². The van der Waals surface area contributed by atoms with Crippen LogP contribution in [0.5, 0.6) is 0 Å². The first-order valence-electron chi connectivity index (χ1n) is 2.87. The van der Waals surface area contributed by atoms with Crippen molar-refractivity contribution in [3.05, 3.63) is 33.7 Å². The summed E-state index contributed by atoms with van der Waals surface area (Å²) in [5.41, 5.74) is -0.958. The number of alkyl halides is 3. The minimum atomic E-state index is -4.47. The van der Waals surface area contributed by atoms with Gasteiger partial charge in [0.15, 0.2) is 6.20 Å². The molecular weight excluding hydrogens is 239 g/mol. The molecule has 0 atom stereocenters. The van der Waals surface area contributed by atoms with E-state index in [4.69, 9.17) is 0 Å². The Morgan fingerprint density at radius 3 is 2.33 bits per heavy atom. The zero-order valence-corrected chi connectivity index (χ0v) is 7.19. The maximum absolute atomic E-state index is 11.9. The Hall–Kier alpha value is -0.780. The number of hydrogen-bond acceptors (Lipinski definition) is 1. The van der Waals surface area contributed by atoms with E-state index in [1.54, 1.807) is 0 Å². The summed E-state index contributed by atoms with van der Waals surface area (Å²) >= 11 is 2.78. The van der Waals surface area contributed by atoms with Crippen LogP contribution in [0.1, 0.15) is 5.56 Å². The van der Waals surface area contributed by atoms with E-state index in [2.05, 4.69) is 15.9 Å². The fourth-order valence-corrected chi connectivity index (χ4v) is 0.865. The molecule has 0 N–H and O–H groups in total. The zero-order chi connectivity index (χ0) is 9.35. The SMILES string of the molecule is [O-][n+]1cc(C(F)(F)F)ccc1Br. The molecule has 0 aliphatic heterocycles. The summed E-state index contributed by atoms with van der Waals surface area (Å²) in [7, 11) is 0. The van der Waals surface area contributed by atoms with E-state index < -0.39 is 11.7 Å². The third kappa shape index (κ3) is 1.88. The average molecular weight is 242 g/mol. The van der Waals surface area contributed by atoms with Gasteiger partial charge in [0.1, 0.15) is 5.56 Å². The summed E-state index contributed by atoms with van der Waals surface area (Å²) in [6.07, 6.45) is -3.99. The molecule has 1 aromatic heterocycles. The molecule has 0 spiro atoms. The van der Waals surface area contributed by atoms with Crippen LogP contribution < -0.4 is 4.73 Å². The lowest BCUT2D eigenvalue weighted by Gasteiger charge is -2.05. The Morgan fingerprint density at radius 1 is 1.33 bits per heavy atom. The number of rotatable bonds is 0. The number of aromatic nitrogens is 1. The number of hydrogen-bond donors (Lipinski definition) is 0. The minimum Gasteiger partial charge on any atom is -0.618 e. The molecule has 0 fully saturated rings. The monoisotopic (exact) mass is 241 g/mol. The minimum absolute atomic E-state index is 0.0514. The summed E-state index contributed by atoms with van der Waals surface area (Å²) in [6.45, 7) is 0. The van der Waals surface area contributed by atoms with Crippen LogP contribution in [0.4, 0.5) is 13.2 Å². The van der Waals surface area contributed by atoms with Gasteiger partial charge in [0, 0.05) is 22.0 Å². The largest absolute Gasteiger partial charge is 0.618 e. The van der Waals surface area contributed by atoms with Crippen molar-refractivity contribution in [1.29, 1.82) is 0 Å². The Labute approximate surface area is 74.3 Å². The van der Waals surface area contributed by atoms with Crippen LogP contribution in [0.2, 0.25) is 0 Å². The third-order valence-electron chi connectivity index (χ3n) is 1.19. The van der Waals surface area contributed by atoms with Crippen LogP contribution in [-0.4, -0.2) is 0 Å². The van der Waals surface area contributed by atoms with Gasteiger partial charge in [-0.05, 0) is 6.07 Å². The zero-order valence-electron chi connectivity index (χ0n) is 5.60. The van der Waals surface area contributed by atoms with Crippen LogP contribution >= 0.6 is 15.9 Å². The maximum atomic E-state index is 11.9. The van der Waals surface area contributed by atoms with Crippen molar-refractivity contribution < 1.29 is 17.9 Å². The molecule has 12 heavy (non-hydrogen) atoms. The van der Waals surface area contributed by atoms with E-state index in [1.807, 2.05) is 0 Å². The highest BCUT2D eigenvalue weighted by molar-refractivity contribution is 9.10. The van der Waals surface area contributed by atoms with E-state index in [-0.39, 0.29) is 9.33 Å². The van der Waals surface area contributed by atoms with Gasteiger partial charge >= 0.3 is 6.18 Å². The molecule has 0 aliphatic rings. The van der Waals surface area contributed by atoms with Crippen LogP contribution in [0.3, 0.4) is 0 Å². The summed E-state index contributed by atoms with van der Waals surface area (Å²) in [5, 5.41) is 10.7. The molecule has 0 bridgehead atoms. The predicted molar refractivity (Wildman–Crippen MR) is 38.1 cm³/mol. The molecular formula is C6H3BrF3NO. The molecule has 0 unspecified atom stereocenters. The van der Waals surface area contributed by atoms with E-state index in [9.17, 15) is 18.4 Å². The molecule has 0 saturated carbocycles. The molecule has 0 radical (unpaired) electrons. The van der Waals surface area contributed by atoms with Gasteiger partial charge in [0.2, 0.25) is 0 Å². The fraction of sp³-hybridized carbons (Fsp3) is 0.167. The lowest BCUT2D eigenvalue weighted by Crippen LogP contribution is -2.29. The second kappa shape index (κ2) is 2.93. The standard InChI is InChI=1S/C6H3BrF3NO/c7-5-2-1-4(3-11(5)12)6(8,9)10/h1-3H. The highest BCUT2D eigenvalue weighted by Gasteiger charge is 2.33. The van der Waals surface area contributed by atoms with Crippen molar-refractivity contribution in [2.45, 2.75) is 6.18 Å². The van der Waals surface area contributed by atoms with Gasteiger partial charge in [-0.2, -0.15) is 17.9 Å². The summed E-state index contributed by atoms with van der Waals surface area (Å²) < 4.78 is 36.0. The van der Waals surface area contributed by atoms with Gasteiger partial charge in [-0.25, -0.2) is 0 Å². The van der Waals surface area contributed by atoms with Crippen LogP contribution in [0, 0.1) is 5.21 Å². The van der Waals surface area contributed by atoms with Gasteiger partial charge < -0.3 is 5.21 Å². The Bertz CT molecular complexity index is 299. The number of pyridine rings is 1. The molecule has 0 amide bonds. The van der Waals surface area contributed by atoms with Crippen molar-refractivity contribution in [2.75, 3.05) is 0 Å². The quantitative estimate of drug-likeness (QED) is 0.388. The fourth-order valence-electron chi connectivity index (χ4n) is 0.631. The van der Waals surface area contributed by atoms with Crippen LogP contribution in [0.25, 0.3) is 0 Å². The first-order chi connectivity index (χ1) is 5.41. The van der Waals surface area contributed by atoms with Crippen molar-refractivity contribution in [2.24, 2.45) is 0 Å². The predicted octanol–water partition coefficient (Wildman–Crippen LogP) is 2.10. The van der Waals surface area contributed by atoms with Crippen molar-refractivity contribution in [3.8, 4) is 0 Å². The molecule has 6 heteroatoms. The van der Waals surface area contributed by atoms with E-state index in [0.717, 1.165) is 12.1 Å². The second-order valence-corrected chi connectivity index (χ2v) is 2.88. The molecule has 2 nitrogen and oxygen atoms in total. The van der Waals surface area contributed by atoms with Crippen LogP contribution in [0.15, 0.2) is 22.9 Å². The average Bonchev–Trinajstić information content (AvgIpc) is 1.92. The van der Waals surface area contributed by atoms with E-state index in [0.29, 0.717) is 6.20 Å². The molecule has 66 valence electrons. The third-order valence-corrected chi connectivity index (χ3v) is 1.81. The summed E-state index contributed by atoms with van der Waals surface area (Å²) in [6, 6.07) is 1.88. The lowest BCUT2D eigenvalue weighted by atomic mass is 10.3. The lowest BCUT2D eigenvalue weighted by molar-refractivity contribution is -0.618. The molecule has 0 aliphatic carbocycles. The molecule has 1 heterocycles. The van der Waals surface area contributed by atoms with Gasteiger partial charge in [-0.1, -0.05) is 0 Å². The highest BCUT2D eigenvalue weighted by atomic mass is 79.9. The van der Waals surface area contributed by atoms with Crippen LogP contribution in [-0.2, 0) is 6.18 Å². The van der Waals surface area contributed by atoms with Gasteiger partial charge in [0.05, 0.1) is 0 Å². The van der Waals surface area contributed by atoms with Gasteiger partial charge in [-0.3, -0.25) is 0 Å². The van der Waals surface area contributed by atoms with Crippen molar-refractivity contribution in [3.63, 3.8) is 0 Å². The van der Waals surface area contributed by atoms with Gasteiger partial charge in [0.25, 0.3) is 4.60 Å². The first-order valence-corrected chi connectivity index (χ1v) is 3.66. The van der Waals surface area contributed by atoms with Gasteiger partial charge in [-0.15, -0.1) is 0 Å². The molecule has 1 rings (SSSR count).